The fourth-order valence-corrected chi connectivity index (χ4v) is 3.37. The van der Waals surface area contributed by atoms with Crippen LogP contribution in [0.3, 0.4) is 0 Å². The highest BCUT2D eigenvalue weighted by Gasteiger charge is 2.41. The van der Waals surface area contributed by atoms with Gasteiger partial charge in [0.1, 0.15) is 5.82 Å². The van der Waals surface area contributed by atoms with Crippen LogP contribution in [0.2, 0.25) is 0 Å². The van der Waals surface area contributed by atoms with E-state index in [2.05, 4.69) is 0 Å². The van der Waals surface area contributed by atoms with Gasteiger partial charge >= 0.3 is 6.03 Å². The largest absolute Gasteiger partial charge is 0.331 e. The van der Waals surface area contributed by atoms with Gasteiger partial charge in [-0.05, 0) is 43.2 Å². The van der Waals surface area contributed by atoms with Crippen LogP contribution in [0.15, 0.2) is 54.6 Å². The van der Waals surface area contributed by atoms with Crippen molar-refractivity contribution in [2.75, 3.05) is 20.6 Å². The average Bonchev–Trinajstić information content (AvgIpc) is 2.95. The first kappa shape index (κ1) is 17.2. The van der Waals surface area contributed by atoms with Crippen molar-refractivity contribution < 1.29 is 9.18 Å². The molecule has 0 bridgehead atoms. The molecule has 0 saturated heterocycles. The van der Waals surface area contributed by atoms with Crippen molar-refractivity contribution in [3.8, 4) is 0 Å². The lowest BCUT2D eigenvalue weighted by atomic mass is 9.90. The molecule has 0 N–H and O–H groups in total. The minimum atomic E-state index is -0.617. The number of urea groups is 1. The minimum Gasteiger partial charge on any atom is -0.331 e. The molecule has 0 fully saturated rings. The fraction of sp³-hybridized carbons (Fsp3) is 0.286. The Morgan fingerprint density at radius 1 is 1.16 bits per heavy atom. The molecule has 1 aliphatic rings. The van der Waals surface area contributed by atoms with Gasteiger partial charge in [0.15, 0.2) is 0 Å². The Bertz CT molecular complexity index is 829. The smallest absolute Gasteiger partial charge is 0.320 e. The molecule has 1 atom stereocenters. The summed E-state index contributed by atoms with van der Waals surface area (Å²) in [4.78, 5) is 16.1. The predicted octanol–water partition coefficient (Wildman–Crippen LogP) is 4.43. The van der Waals surface area contributed by atoms with Crippen LogP contribution >= 0.6 is 0 Å². The van der Waals surface area contributed by atoms with E-state index in [-0.39, 0.29) is 11.8 Å². The Morgan fingerprint density at radius 2 is 1.84 bits per heavy atom. The Balaban J connectivity index is 2.12. The number of benzene rings is 2. The van der Waals surface area contributed by atoms with Gasteiger partial charge in [-0.25, -0.2) is 9.18 Å². The molecule has 0 aliphatic carbocycles. The number of carbonyl (C=O) groups excluding carboxylic acids is 1. The van der Waals surface area contributed by atoms with Gasteiger partial charge in [0.25, 0.3) is 0 Å². The summed E-state index contributed by atoms with van der Waals surface area (Å²) in [6.45, 7) is 4.32. The molecule has 2 aromatic rings. The lowest BCUT2D eigenvalue weighted by Gasteiger charge is -2.36. The van der Waals surface area contributed by atoms with E-state index < -0.39 is 5.54 Å². The number of aryl methyl sites for hydroxylation is 1. The van der Waals surface area contributed by atoms with E-state index in [9.17, 15) is 9.18 Å². The average molecular weight is 338 g/mol. The van der Waals surface area contributed by atoms with Crippen LogP contribution in [0, 0.1) is 12.7 Å². The van der Waals surface area contributed by atoms with Crippen LogP contribution in [0.1, 0.15) is 23.6 Å². The highest BCUT2D eigenvalue weighted by atomic mass is 19.1. The Hall–Kier alpha value is -2.62. The maximum absolute atomic E-state index is 14.4. The topological polar surface area (TPSA) is 23.6 Å². The molecule has 2 aromatic carbocycles. The molecule has 3 nitrogen and oxygen atoms in total. The second-order valence-electron chi connectivity index (χ2n) is 6.93. The molecule has 130 valence electrons. The van der Waals surface area contributed by atoms with Crippen molar-refractivity contribution in [3.63, 3.8) is 0 Å². The van der Waals surface area contributed by atoms with Gasteiger partial charge in [0.05, 0.1) is 5.54 Å². The van der Waals surface area contributed by atoms with Gasteiger partial charge in [-0.3, -0.25) is 0 Å². The van der Waals surface area contributed by atoms with Crippen molar-refractivity contribution >= 4 is 11.6 Å². The zero-order valence-electron chi connectivity index (χ0n) is 15.1. The lowest BCUT2D eigenvalue weighted by molar-refractivity contribution is 0.143. The third kappa shape index (κ3) is 3.04. The molecule has 25 heavy (non-hydrogen) atoms. The van der Waals surface area contributed by atoms with Crippen molar-refractivity contribution in [1.82, 2.24) is 9.80 Å². The summed E-state index contributed by atoms with van der Waals surface area (Å²) >= 11 is 0. The first-order valence-corrected chi connectivity index (χ1v) is 8.35. The van der Waals surface area contributed by atoms with E-state index in [0.29, 0.717) is 12.1 Å². The van der Waals surface area contributed by atoms with E-state index in [1.807, 2.05) is 56.3 Å². The van der Waals surface area contributed by atoms with Crippen LogP contribution in [0.5, 0.6) is 0 Å². The number of hydrogen-bond donors (Lipinski definition) is 0. The Kier molecular flexibility index (Phi) is 4.38. The second kappa shape index (κ2) is 6.36. The van der Waals surface area contributed by atoms with Crippen LogP contribution < -0.4 is 0 Å². The summed E-state index contributed by atoms with van der Waals surface area (Å²) in [5, 5.41) is 0. The zero-order valence-corrected chi connectivity index (χ0v) is 15.1. The van der Waals surface area contributed by atoms with Crippen LogP contribution in [0.25, 0.3) is 5.57 Å². The molecule has 4 heteroatoms. The first-order chi connectivity index (χ1) is 11.8. The highest BCUT2D eigenvalue weighted by molar-refractivity contribution is 5.83. The number of carbonyl (C=O) groups is 1. The van der Waals surface area contributed by atoms with Gasteiger partial charge in [0, 0.05) is 26.2 Å². The van der Waals surface area contributed by atoms with Gasteiger partial charge < -0.3 is 9.80 Å². The molecule has 3 rings (SSSR count). The SMILES string of the molecule is Cc1ccc(F)c(C2=CC(C)(c3ccccc3)N(C(=O)N(C)C)C2)c1. The maximum atomic E-state index is 14.4. The molecule has 0 radical (unpaired) electrons. The highest BCUT2D eigenvalue weighted by Crippen LogP contribution is 2.40. The van der Waals surface area contributed by atoms with Crippen molar-refractivity contribution in [2.45, 2.75) is 19.4 Å². The molecule has 0 spiro atoms. The quantitative estimate of drug-likeness (QED) is 0.794. The number of rotatable bonds is 2. The number of amides is 2. The van der Waals surface area contributed by atoms with Gasteiger partial charge in [-0.15, -0.1) is 0 Å². The standard InChI is InChI=1S/C21H23FN2O/c1-15-10-11-19(22)18(12-15)16-13-21(2,17-8-6-5-7-9-17)24(14-16)20(25)23(3)4/h5-13H,14H2,1-4H3. The van der Waals surface area contributed by atoms with Crippen LogP contribution in [-0.2, 0) is 5.54 Å². The van der Waals surface area contributed by atoms with Crippen molar-refractivity contribution in [1.29, 1.82) is 0 Å². The summed E-state index contributed by atoms with van der Waals surface area (Å²) < 4.78 is 14.4. The van der Waals surface area contributed by atoms with Gasteiger partial charge in [-0.2, -0.15) is 0 Å². The zero-order chi connectivity index (χ0) is 18.2. The molecular weight excluding hydrogens is 315 g/mol. The summed E-state index contributed by atoms with van der Waals surface area (Å²) in [6.07, 6.45) is 2.02. The van der Waals surface area contributed by atoms with E-state index in [0.717, 1.165) is 16.7 Å². The molecule has 0 aromatic heterocycles. The summed E-state index contributed by atoms with van der Waals surface area (Å²) in [5.41, 5.74) is 2.79. The van der Waals surface area contributed by atoms with Crippen LogP contribution in [0.4, 0.5) is 9.18 Å². The molecule has 1 aliphatic heterocycles. The third-order valence-corrected chi connectivity index (χ3v) is 4.78. The van der Waals surface area contributed by atoms with E-state index in [1.54, 1.807) is 30.0 Å². The normalized spacial score (nSPS) is 19.7. The molecule has 1 heterocycles. The summed E-state index contributed by atoms with van der Waals surface area (Å²) in [6, 6.07) is 14.9. The first-order valence-electron chi connectivity index (χ1n) is 8.35. The Morgan fingerprint density at radius 3 is 2.48 bits per heavy atom. The minimum absolute atomic E-state index is 0.0920. The predicted molar refractivity (Wildman–Crippen MR) is 98.7 cm³/mol. The third-order valence-electron chi connectivity index (χ3n) is 4.78. The van der Waals surface area contributed by atoms with E-state index in [1.165, 1.54) is 6.07 Å². The molecule has 1 unspecified atom stereocenters. The van der Waals surface area contributed by atoms with Crippen LogP contribution in [-0.4, -0.2) is 36.5 Å². The molecule has 2 amide bonds. The number of halogens is 1. The monoisotopic (exact) mass is 338 g/mol. The van der Waals surface area contributed by atoms with Crippen molar-refractivity contribution in [2.24, 2.45) is 0 Å². The summed E-state index contributed by atoms with van der Waals surface area (Å²) in [5.74, 6) is -0.258. The number of nitrogens with zero attached hydrogens (tertiary/aromatic N) is 2. The van der Waals surface area contributed by atoms with E-state index >= 15 is 0 Å². The Labute approximate surface area is 148 Å². The van der Waals surface area contributed by atoms with Gasteiger partial charge in [-0.1, -0.05) is 42.0 Å². The molecular formula is C21H23FN2O. The lowest BCUT2D eigenvalue weighted by Crippen LogP contribution is -2.47. The summed E-state index contributed by atoms with van der Waals surface area (Å²) in [7, 11) is 3.47. The molecule has 0 saturated carbocycles. The van der Waals surface area contributed by atoms with Crippen molar-refractivity contribution in [3.05, 3.63) is 77.1 Å². The number of hydrogen-bond acceptors (Lipinski definition) is 1. The van der Waals surface area contributed by atoms with Gasteiger partial charge in [0.2, 0.25) is 0 Å². The maximum Gasteiger partial charge on any atom is 0.320 e. The second-order valence-corrected chi connectivity index (χ2v) is 6.93. The fourth-order valence-electron chi connectivity index (χ4n) is 3.37. The van der Waals surface area contributed by atoms with E-state index in [4.69, 9.17) is 0 Å².